The molecule has 2 aromatic carbocycles. The first-order chi connectivity index (χ1) is 23.6. The number of pyridine rings is 1. The molecule has 2 aliphatic rings. The van der Waals surface area contributed by atoms with Crippen LogP contribution in [0.2, 0.25) is 0 Å². The summed E-state index contributed by atoms with van der Waals surface area (Å²) in [6.07, 6.45) is 9.63. The zero-order valence-electron chi connectivity index (χ0n) is 28.1. The molecule has 0 atom stereocenters. The Morgan fingerprint density at radius 3 is 2.29 bits per heavy atom. The number of fused-ring (bicyclic) bond motifs is 1. The van der Waals surface area contributed by atoms with Gasteiger partial charge >= 0.3 is 0 Å². The molecule has 3 heterocycles. The number of benzene rings is 2. The van der Waals surface area contributed by atoms with Crippen LogP contribution in [0.25, 0.3) is 22.0 Å². The Bertz CT molecular complexity index is 1680. The molecule has 1 N–H and O–H groups in total. The minimum atomic E-state index is -0.0799. The van der Waals surface area contributed by atoms with Crippen molar-refractivity contribution >= 4 is 28.3 Å². The van der Waals surface area contributed by atoms with Crippen molar-refractivity contribution in [3.8, 4) is 23.0 Å². The van der Waals surface area contributed by atoms with Crippen LogP contribution in [-0.2, 0) is 4.79 Å². The van der Waals surface area contributed by atoms with Crippen LogP contribution in [0.4, 0.5) is 5.69 Å². The van der Waals surface area contributed by atoms with Gasteiger partial charge in [-0.2, -0.15) is 9.97 Å². The normalized spacial score (nSPS) is 15.5. The summed E-state index contributed by atoms with van der Waals surface area (Å²) in [5, 5.41) is 5.56. The maximum absolute atomic E-state index is 13.6. The van der Waals surface area contributed by atoms with Gasteiger partial charge in [-0.3, -0.25) is 14.6 Å². The number of piperidine rings is 1. The average Bonchev–Trinajstić information content (AvgIpc) is 3.09. The lowest BCUT2D eigenvalue weighted by molar-refractivity contribution is -0.124. The lowest BCUT2D eigenvalue weighted by Gasteiger charge is -2.34. The SMILES string of the molecule is CCOc1ncnc(OCC)c1N(CCCCN1CCC(NC(=O)c2cccnc2-c2ccc3ccccc3c2)CC1)C(=O)C1CCC1. The number of hydrogen-bond acceptors (Lipinski definition) is 8. The summed E-state index contributed by atoms with van der Waals surface area (Å²) in [6, 6.07) is 18.2. The Morgan fingerprint density at radius 2 is 1.60 bits per heavy atom. The molecule has 0 spiro atoms. The van der Waals surface area contributed by atoms with E-state index in [4.69, 9.17) is 9.47 Å². The van der Waals surface area contributed by atoms with Crippen molar-refractivity contribution in [2.75, 3.05) is 44.3 Å². The molecular formula is C38H46N6O4. The number of nitrogens with one attached hydrogen (secondary N) is 1. The Hall–Kier alpha value is -4.57. The molecule has 2 aromatic heterocycles. The second kappa shape index (κ2) is 16.0. The molecule has 1 saturated carbocycles. The number of rotatable bonds is 14. The maximum atomic E-state index is 13.6. The molecule has 6 rings (SSSR count). The Balaban J connectivity index is 1.02. The molecule has 1 saturated heterocycles. The number of carbonyl (C=O) groups is 2. The first-order valence-corrected chi connectivity index (χ1v) is 17.4. The van der Waals surface area contributed by atoms with Crippen LogP contribution < -0.4 is 19.7 Å². The van der Waals surface area contributed by atoms with Crippen molar-refractivity contribution in [2.45, 2.75) is 64.8 Å². The number of unbranched alkanes of at least 4 members (excludes halogenated alkanes) is 1. The Kier molecular flexibility index (Phi) is 11.1. The summed E-state index contributed by atoms with van der Waals surface area (Å²) in [5.74, 6) is 0.834. The first-order valence-electron chi connectivity index (χ1n) is 17.4. The molecule has 252 valence electrons. The second-order valence-corrected chi connectivity index (χ2v) is 12.6. The highest BCUT2D eigenvalue weighted by molar-refractivity contribution is 6.01. The third-order valence-corrected chi connectivity index (χ3v) is 9.41. The van der Waals surface area contributed by atoms with E-state index in [1.807, 2.05) is 49.1 Å². The van der Waals surface area contributed by atoms with E-state index in [2.05, 4.69) is 49.4 Å². The number of amides is 2. The fourth-order valence-electron chi connectivity index (χ4n) is 6.60. The van der Waals surface area contributed by atoms with Gasteiger partial charge in [-0.05, 0) is 87.9 Å². The van der Waals surface area contributed by atoms with Gasteiger partial charge in [0.15, 0.2) is 5.69 Å². The lowest BCUT2D eigenvalue weighted by Crippen LogP contribution is -2.45. The second-order valence-electron chi connectivity index (χ2n) is 12.6. The van der Waals surface area contributed by atoms with Crippen LogP contribution in [0.3, 0.4) is 0 Å². The maximum Gasteiger partial charge on any atom is 0.253 e. The van der Waals surface area contributed by atoms with E-state index in [1.165, 1.54) is 6.33 Å². The van der Waals surface area contributed by atoms with Gasteiger partial charge in [-0.25, -0.2) is 0 Å². The van der Waals surface area contributed by atoms with Gasteiger partial charge in [0.1, 0.15) is 6.33 Å². The third kappa shape index (κ3) is 7.76. The van der Waals surface area contributed by atoms with Crippen molar-refractivity contribution in [2.24, 2.45) is 5.92 Å². The van der Waals surface area contributed by atoms with E-state index < -0.39 is 0 Å². The van der Waals surface area contributed by atoms with Crippen molar-refractivity contribution in [3.05, 3.63) is 72.7 Å². The quantitative estimate of drug-likeness (QED) is 0.159. The molecule has 1 aliphatic carbocycles. The predicted molar refractivity (Wildman–Crippen MR) is 187 cm³/mol. The zero-order chi connectivity index (χ0) is 33.3. The first kappa shape index (κ1) is 33.3. The largest absolute Gasteiger partial charge is 0.476 e. The molecule has 48 heavy (non-hydrogen) atoms. The van der Waals surface area contributed by atoms with Crippen LogP contribution >= 0.6 is 0 Å². The van der Waals surface area contributed by atoms with E-state index in [0.29, 0.717) is 48.5 Å². The van der Waals surface area contributed by atoms with E-state index >= 15 is 0 Å². The minimum absolute atomic E-state index is 0.0266. The molecule has 10 nitrogen and oxygen atoms in total. The summed E-state index contributed by atoms with van der Waals surface area (Å²) < 4.78 is 11.7. The monoisotopic (exact) mass is 650 g/mol. The van der Waals surface area contributed by atoms with Crippen LogP contribution in [0.5, 0.6) is 11.8 Å². The highest BCUT2D eigenvalue weighted by Gasteiger charge is 2.34. The van der Waals surface area contributed by atoms with E-state index in [-0.39, 0.29) is 23.8 Å². The van der Waals surface area contributed by atoms with Gasteiger partial charge in [-0.1, -0.05) is 42.8 Å². The highest BCUT2D eigenvalue weighted by Crippen LogP contribution is 2.38. The molecule has 4 aromatic rings. The van der Waals surface area contributed by atoms with Crippen LogP contribution in [0.15, 0.2) is 67.1 Å². The average molecular weight is 651 g/mol. The van der Waals surface area contributed by atoms with Crippen molar-refractivity contribution in [3.63, 3.8) is 0 Å². The fraction of sp³-hybridized carbons (Fsp3) is 0.447. The topological polar surface area (TPSA) is 110 Å². The molecule has 1 aliphatic heterocycles. The third-order valence-electron chi connectivity index (χ3n) is 9.41. The van der Waals surface area contributed by atoms with Gasteiger partial charge in [0, 0.05) is 43.4 Å². The van der Waals surface area contributed by atoms with Crippen molar-refractivity contribution in [1.82, 2.24) is 25.2 Å². The minimum Gasteiger partial charge on any atom is -0.476 e. The highest BCUT2D eigenvalue weighted by atomic mass is 16.5. The Morgan fingerprint density at radius 1 is 0.875 bits per heavy atom. The zero-order valence-corrected chi connectivity index (χ0v) is 28.1. The molecule has 0 unspecified atom stereocenters. The van der Waals surface area contributed by atoms with Gasteiger partial charge in [0.25, 0.3) is 5.91 Å². The summed E-state index contributed by atoms with van der Waals surface area (Å²) >= 11 is 0. The summed E-state index contributed by atoms with van der Waals surface area (Å²) in [4.78, 5) is 44.7. The predicted octanol–water partition coefficient (Wildman–Crippen LogP) is 6.30. The number of nitrogens with zero attached hydrogens (tertiary/aromatic N) is 5. The number of likely N-dealkylation sites (tertiary alicyclic amines) is 1. The van der Waals surface area contributed by atoms with Crippen LogP contribution in [-0.4, -0.2) is 77.1 Å². The molecular weight excluding hydrogens is 604 g/mol. The van der Waals surface area contributed by atoms with E-state index in [9.17, 15) is 9.59 Å². The van der Waals surface area contributed by atoms with Crippen molar-refractivity contribution in [1.29, 1.82) is 0 Å². The van der Waals surface area contributed by atoms with E-state index in [0.717, 1.165) is 80.9 Å². The fourth-order valence-corrected chi connectivity index (χ4v) is 6.60. The molecule has 2 amide bonds. The summed E-state index contributed by atoms with van der Waals surface area (Å²) in [6.45, 7) is 7.99. The smallest absolute Gasteiger partial charge is 0.253 e. The van der Waals surface area contributed by atoms with Crippen molar-refractivity contribution < 1.29 is 19.1 Å². The Labute approximate surface area is 282 Å². The molecule has 0 bridgehead atoms. The van der Waals surface area contributed by atoms with Gasteiger partial charge in [0.2, 0.25) is 17.7 Å². The summed E-state index contributed by atoms with van der Waals surface area (Å²) in [5.41, 5.74) is 2.78. The van der Waals surface area contributed by atoms with Crippen LogP contribution in [0.1, 0.15) is 69.2 Å². The van der Waals surface area contributed by atoms with Gasteiger partial charge in [0.05, 0.1) is 24.5 Å². The number of aromatic nitrogens is 3. The summed E-state index contributed by atoms with van der Waals surface area (Å²) in [7, 11) is 0. The number of carbonyl (C=O) groups excluding carboxylic acids is 2. The van der Waals surface area contributed by atoms with Gasteiger partial charge in [-0.15, -0.1) is 0 Å². The molecule has 2 fully saturated rings. The lowest BCUT2D eigenvalue weighted by atomic mass is 9.84. The standard InChI is InChI=1S/C38H46N6O4/c1-3-47-36-34(37(48-4-2)41-26-40-36)44(38(46)28-13-9-14-28)22-8-7-21-43-23-18-31(19-24-43)42-35(45)32-15-10-20-39-33(32)30-17-16-27-11-5-6-12-29(27)25-30/h5-6,10-12,15-17,20,25-26,28,31H,3-4,7-9,13-14,18-19,21-24H2,1-2H3,(H,42,45). The number of anilines is 1. The van der Waals surface area contributed by atoms with Gasteiger partial charge < -0.3 is 24.6 Å². The molecule has 10 heteroatoms. The number of hydrogen-bond donors (Lipinski definition) is 1. The molecule has 0 radical (unpaired) electrons. The van der Waals surface area contributed by atoms with E-state index in [1.54, 1.807) is 6.20 Å². The number of ether oxygens (including phenoxy) is 2. The van der Waals surface area contributed by atoms with Crippen LogP contribution in [0, 0.1) is 5.92 Å².